The van der Waals surface area contributed by atoms with Gasteiger partial charge < -0.3 is 4.57 Å². The van der Waals surface area contributed by atoms with Crippen LogP contribution in [0.5, 0.6) is 0 Å². The van der Waals surface area contributed by atoms with Gasteiger partial charge in [0.2, 0.25) is 0 Å². The maximum Gasteiger partial charge on any atom is 0.132 e. The molecule has 0 fully saturated rings. The van der Waals surface area contributed by atoms with Gasteiger partial charge >= 0.3 is 0 Å². The summed E-state index contributed by atoms with van der Waals surface area (Å²) in [6.07, 6.45) is 6.72. The lowest BCUT2D eigenvalue weighted by molar-refractivity contribution is 0.550. The van der Waals surface area contributed by atoms with Gasteiger partial charge in [-0.2, -0.15) is 0 Å². The van der Waals surface area contributed by atoms with E-state index in [2.05, 4.69) is 26.9 Å². The lowest BCUT2D eigenvalue weighted by Crippen LogP contribution is -2.30. The van der Waals surface area contributed by atoms with Crippen molar-refractivity contribution in [2.75, 3.05) is 0 Å². The smallest absolute Gasteiger partial charge is 0.132 e. The maximum absolute atomic E-state index is 5.65. The van der Waals surface area contributed by atoms with E-state index in [9.17, 15) is 0 Å². The molecular formula is C11H17N5S. The van der Waals surface area contributed by atoms with E-state index in [1.54, 1.807) is 11.3 Å². The Bertz CT molecular complexity index is 476. The van der Waals surface area contributed by atoms with Gasteiger partial charge in [-0.25, -0.2) is 15.4 Å². The topological polar surface area (TPSA) is 68.8 Å². The van der Waals surface area contributed by atoms with E-state index < -0.39 is 0 Å². The van der Waals surface area contributed by atoms with Crippen LogP contribution in [-0.4, -0.2) is 14.5 Å². The third-order valence-corrected chi connectivity index (χ3v) is 3.54. The normalized spacial score (nSPS) is 12.9. The molecule has 6 heteroatoms. The van der Waals surface area contributed by atoms with E-state index in [0.29, 0.717) is 0 Å². The van der Waals surface area contributed by atoms with Crippen molar-refractivity contribution in [3.05, 3.63) is 34.3 Å². The van der Waals surface area contributed by atoms with Gasteiger partial charge in [-0.3, -0.25) is 5.84 Å². The van der Waals surface area contributed by atoms with E-state index >= 15 is 0 Å². The van der Waals surface area contributed by atoms with Crippen molar-refractivity contribution in [3.8, 4) is 0 Å². The van der Waals surface area contributed by atoms with Crippen molar-refractivity contribution in [1.82, 2.24) is 20.0 Å². The molecule has 17 heavy (non-hydrogen) atoms. The Labute approximate surface area is 105 Å². The number of rotatable bonds is 5. The summed E-state index contributed by atoms with van der Waals surface area (Å²) in [6.45, 7) is 5.08. The van der Waals surface area contributed by atoms with Crippen LogP contribution in [0.4, 0.5) is 0 Å². The fourth-order valence-electron chi connectivity index (χ4n) is 1.81. The van der Waals surface area contributed by atoms with E-state index in [0.717, 1.165) is 28.7 Å². The molecule has 3 N–H and O–H groups in total. The standard InChI is InChI=1S/C11H17N5S/c1-3-5-16-6-4-13-11(16)10(15-12)9-7-14-8(2)17-9/h4,6-7,10,15H,3,5,12H2,1-2H3. The SMILES string of the molecule is CCCn1ccnc1C(NN)c1cnc(C)s1. The Morgan fingerprint density at radius 3 is 2.94 bits per heavy atom. The minimum Gasteiger partial charge on any atom is -0.333 e. The molecule has 5 nitrogen and oxygen atoms in total. The van der Waals surface area contributed by atoms with Gasteiger partial charge in [0.25, 0.3) is 0 Å². The number of aromatic nitrogens is 3. The summed E-state index contributed by atoms with van der Waals surface area (Å²) >= 11 is 1.64. The van der Waals surface area contributed by atoms with Gasteiger partial charge in [0.1, 0.15) is 11.9 Å². The summed E-state index contributed by atoms with van der Waals surface area (Å²) in [6, 6.07) is -0.0808. The number of aryl methyl sites for hydroxylation is 2. The molecule has 2 aromatic rings. The van der Waals surface area contributed by atoms with Crippen molar-refractivity contribution in [1.29, 1.82) is 0 Å². The molecule has 0 saturated carbocycles. The van der Waals surface area contributed by atoms with Crippen LogP contribution in [0.2, 0.25) is 0 Å². The van der Waals surface area contributed by atoms with Crippen LogP contribution in [0.15, 0.2) is 18.6 Å². The van der Waals surface area contributed by atoms with E-state index in [4.69, 9.17) is 5.84 Å². The number of nitrogens with one attached hydrogen (secondary N) is 1. The molecule has 2 rings (SSSR count). The van der Waals surface area contributed by atoms with Gasteiger partial charge in [-0.05, 0) is 13.3 Å². The molecule has 0 aliphatic heterocycles. The van der Waals surface area contributed by atoms with E-state index in [1.807, 2.05) is 25.5 Å². The van der Waals surface area contributed by atoms with Crippen LogP contribution in [-0.2, 0) is 6.54 Å². The Balaban J connectivity index is 2.31. The average Bonchev–Trinajstić information content (AvgIpc) is 2.91. The lowest BCUT2D eigenvalue weighted by Gasteiger charge is -2.15. The zero-order valence-corrected chi connectivity index (χ0v) is 10.9. The van der Waals surface area contributed by atoms with E-state index in [-0.39, 0.29) is 6.04 Å². The third kappa shape index (κ3) is 2.54. The molecule has 1 unspecified atom stereocenters. The average molecular weight is 251 g/mol. The van der Waals surface area contributed by atoms with Crippen molar-refractivity contribution in [3.63, 3.8) is 0 Å². The van der Waals surface area contributed by atoms with Crippen LogP contribution in [0.3, 0.4) is 0 Å². The van der Waals surface area contributed by atoms with Crippen LogP contribution in [0.25, 0.3) is 0 Å². The minimum absolute atomic E-state index is 0.0808. The van der Waals surface area contributed by atoms with E-state index in [1.165, 1.54) is 0 Å². The summed E-state index contributed by atoms with van der Waals surface area (Å²) in [4.78, 5) is 9.74. The molecule has 0 saturated heterocycles. The maximum atomic E-state index is 5.65. The first-order valence-electron chi connectivity index (χ1n) is 5.65. The Morgan fingerprint density at radius 2 is 2.35 bits per heavy atom. The van der Waals surface area contributed by atoms with Gasteiger partial charge in [0, 0.05) is 25.1 Å². The van der Waals surface area contributed by atoms with Gasteiger partial charge in [0.15, 0.2) is 0 Å². The second kappa shape index (κ2) is 5.39. The second-order valence-corrected chi connectivity index (χ2v) is 5.13. The number of imidazole rings is 1. The number of thiazole rings is 1. The molecule has 2 heterocycles. The van der Waals surface area contributed by atoms with Crippen LogP contribution >= 0.6 is 11.3 Å². The molecule has 2 aromatic heterocycles. The summed E-state index contributed by atoms with van der Waals surface area (Å²) in [5, 5.41) is 1.04. The predicted molar refractivity (Wildman–Crippen MR) is 68.5 cm³/mol. The number of hydrogen-bond donors (Lipinski definition) is 2. The number of nitrogens with two attached hydrogens (primary N) is 1. The Morgan fingerprint density at radius 1 is 1.53 bits per heavy atom. The zero-order chi connectivity index (χ0) is 12.3. The fraction of sp³-hybridized carbons (Fsp3) is 0.455. The van der Waals surface area contributed by atoms with Gasteiger partial charge in [0.05, 0.1) is 9.88 Å². The molecular weight excluding hydrogens is 234 g/mol. The number of hydrogen-bond acceptors (Lipinski definition) is 5. The number of nitrogens with zero attached hydrogens (tertiary/aromatic N) is 3. The van der Waals surface area contributed by atoms with Crippen molar-refractivity contribution in [2.24, 2.45) is 5.84 Å². The molecule has 0 aromatic carbocycles. The van der Waals surface area contributed by atoms with Crippen molar-refractivity contribution >= 4 is 11.3 Å². The lowest BCUT2D eigenvalue weighted by atomic mass is 10.2. The first kappa shape index (κ1) is 12.2. The third-order valence-electron chi connectivity index (χ3n) is 2.56. The minimum atomic E-state index is -0.0808. The first-order valence-corrected chi connectivity index (χ1v) is 6.47. The predicted octanol–water partition coefficient (Wildman–Crippen LogP) is 1.61. The number of hydrazine groups is 1. The molecule has 0 amide bonds. The largest absolute Gasteiger partial charge is 0.333 e. The van der Waals surface area contributed by atoms with Crippen LogP contribution < -0.4 is 11.3 Å². The summed E-state index contributed by atoms with van der Waals surface area (Å²) < 4.78 is 2.12. The van der Waals surface area contributed by atoms with Crippen molar-refractivity contribution in [2.45, 2.75) is 32.9 Å². The highest BCUT2D eigenvalue weighted by Crippen LogP contribution is 2.25. The second-order valence-electron chi connectivity index (χ2n) is 3.86. The highest BCUT2D eigenvalue weighted by molar-refractivity contribution is 7.11. The highest BCUT2D eigenvalue weighted by Gasteiger charge is 2.19. The highest BCUT2D eigenvalue weighted by atomic mass is 32.1. The molecule has 1 atom stereocenters. The van der Waals surface area contributed by atoms with Gasteiger partial charge in [-0.1, -0.05) is 6.92 Å². The molecule has 0 aliphatic carbocycles. The zero-order valence-electron chi connectivity index (χ0n) is 10.1. The first-order chi connectivity index (χ1) is 8.26. The quantitative estimate of drug-likeness (QED) is 0.626. The van der Waals surface area contributed by atoms with Crippen LogP contribution in [0, 0.1) is 6.92 Å². The monoisotopic (exact) mass is 251 g/mol. The molecule has 0 radical (unpaired) electrons. The van der Waals surface area contributed by atoms with Crippen molar-refractivity contribution < 1.29 is 0 Å². The Hall–Kier alpha value is -1.24. The Kier molecular flexibility index (Phi) is 3.88. The fourth-order valence-corrected chi connectivity index (χ4v) is 2.65. The van der Waals surface area contributed by atoms with Gasteiger partial charge in [-0.15, -0.1) is 11.3 Å². The molecule has 0 aliphatic rings. The summed E-state index contributed by atoms with van der Waals surface area (Å²) in [5.74, 6) is 6.59. The molecule has 92 valence electrons. The summed E-state index contributed by atoms with van der Waals surface area (Å²) in [5.41, 5.74) is 2.82. The summed E-state index contributed by atoms with van der Waals surface area (Å²) in [7, 11) is 0. The molecule has 0 spiro atoms. The molecule has 0 bridgehead atoms. The van der Waals surface area contributed by atoms with Crippen LogP contribution in [0.1, 0.15) is 35.1 Å².